The van der Waals surface area contributed by atoms with Gasteiger partial charge in [-0.15, -0.1) is 0 Å². The van der Waals surface area contributed by atoms with Crippen LogP contribution in [0.3, 0.4) is 0 Å². The molecule has 0 spiro atoms. The second-order valence-corrected chi connectivity index (χ2v) is 5.22. The molecule has 1 N–H and O–H groups in total. The maximum atomic E-state index is 12.9. The van der Waals surface area contributed by atoms with Gasteiger partial charge in [0.05, 0.1) is 0 Å². The number of rotatable bonds is 3. The first kappa shape index (κ1) is 14.3. The number of carbonyl (C=O) groups is 2. The Morgan fingerprint density at radius 1 is 1.14 bits per heavy atom. The maximum Gasteiger partial charge on any atom is 0.270 e. The van der Waals surface area contributed by atoms with Gasteiger partial charge in [-0.3, -0.25) is 9.59 Å². The first-order valence-corrected chi connectivity index (χ1v) is 7.11. The molecular formula is C16H16FN3O2. The first-order chi connectivity index (χ1) is 10.7. The van der Waals surface area contributed by atoms with Crippen LogP contribution >= 0.6 is 0 Å². The quantitative estimate of drug-likeness (QED) is 0.881. The standard InChI is InChI=1S/C16H16FN3O2/c17-13-1-3-14(4-2-13)19-5-7-20(8-6-19)16(22)15-9-12(11-21)10-18-15/h1-4,9-11,18H,5-8H2. The summed E-state index contributed by atoms with van der Waals surface area (Å²) in [6.07, 6.45) is 2.23. The zero-order chi connectivity index (χ0) is 15.5. The lowest BCUT2D eigenvalue weighted by Crippen LogP contribution is -2.48. The van der Waals surface area contributed by atoms with Crippen molar-refractivity contribution in [3.05, 3.63) is 53.6 Å². The van der Waals surface area contributed by atoms with Crippen molar-refractivity contribution in [1.82, 2.24) is 9.88 Å². The van der Waals surface area contributed by atoms with Gasteiger partial charge in [-0.05, 0) is 30.3 Å². The van der Waals surface area contributed by atoms with Crippen LogP contribution < -0.4 is 4.90 Å². The van der Waals surface area contributed by atoms with Crippen molar-refractivity contribution in [3.8, 4) is 0 Å². The molecule has 22 heavy (non-hydrogen) atoms. The first-order valence-electron chi connectivity index (χ1n) is 7.11. The van der Waals surface area contributed by atoms with E-state index in [0.717, 1.165) is 5.69 Å². The SMILES string of the molecule is O=Cc1c[nH]c(C(=O)N2CCN(c3ccc(F)cc3)CC2)c1. The Bertz CT molecular complexity index is 673. The maximum absolute atomic E-state index is 12.9. The van der Waals surface area contributed by atoms with Crippen molar-refractivity contribution in [2.75, 3.05) is 31.1 Å². The Labute approximate surface area is 127 Å². The fourth-order valence-corrected chi connectivity index (χ4v) is 2.59. The molecule has 1 fully saturated rings. The van der Waals surface area contributed by atoms with E-state index in [0.29, 0.717) is 43.7 Å². The highest BCUT2D eigenvalue weighted by molar-refractivity contribution is 5.94. The Kier molecular flexibility index (Phi) is 3.91. The molecular weight excluding hydrogens is 285 g/mol. The monoisotopic (exact) mass is 301 g/mol. The van der Waals surface area contributed by atoms with Gasteiger partial charge in [0.2, 0.25) is 0 Å². The second-order valence-electron chi connectivity index (χ2n) is 5.22. The highest BCUT2D eigenvalue weighted by atomic mass is 19.1. The molecule has 5 nitrogen and oxygen atoms in total. The van der Waals surface area contributed by atoms with Gasteiger partial charge in [0, 0.05) is 43.6 Å². The van der Waals surface area contributed by atoms with Crippen molar-refractivity contribution in [2.24, 2.45) is 0 Å². The van der Waals surface area contributed by atoms with Gasteiger partial charge >= 0.3 is 0 Å². The number of piperazine rings is 1. The predicted octanol–water partition coefficient (Wildman–Crippen LogP) is 1.93. The molecule has 0 atom stereocenters. The van der Waals surface area contributed by atoms with E-state index < -0.39 is 0 Å². The molecule has 0 radical (unpaired) electrons. The van der Waals surface area contributed by atoms with Gasteiger partial charge in [0.25, 0.3) is 5.91 Å². The summed E-state index contributed by atoms with van der Waals surface area (Å²) in [5.74, 6) is -0.359. The molecule has 1 saturated heterocycles. The average molecular weight is 301 g/mol. The molecule has 1 aliphatic rings. The van der Waals surface area contributed by atoms with Crippen molar-refractivity contribution in [2.45, 2.75) is 0 Å². The number of hydrogen-bond donors (Lipinski definition) is 1. The number of hydrogen-bond acceptors (Lipinski definition) is 3. The number of halogens is 1. The van der Waals surface area contributed by atoms with Crippen molar-refractivity contribution in [3.63, 3.8) is 0 Å². The van der Waals surface area contributed by atoms with E-state index in [4.69, 9.17) is 0 Å². The summed E-state index contributed by atoms with van der Waals surface area (Å²) < 4.78 is 12.9. The highest BCUT2D eigenvalue weighted by Gasteiger charge is 2.23. The highest BCUT2D eigenvalue weighted by Crippen LogP contribution is 2.17. The molecule has 0 unspecified atom stereocenters. The average Bonchev–Trinajstić information content (AvgIpc) is 3.04. The van der Waals surface area contributed by atoms with Crippen LogP contribution in [-0.4, -0.2) is 48.3 Å². The number of benzene rings is 1. The van der Waals surface area contributed by atoms with Gasteiger partial charge in [-0.2, -0.15) is 0 Å². The summed E-state index contributed by atoms with van der Waals surface area (Å²) in [4.78, 5) is 29.7. The van der Waals surface area contributed by atoms with Crippen molar-refractivity contribution in [1.29, 1.82) is 0 Å². The number of anilines is 1. The predicted molar refractivity (Wildman–Crippen MR) is 80.7 cm³/mol. The number of amides is 1. The molecule has 1 amide bonds. The van der Waals surface area contributed by atoms with Crippen LogP contribution in [0.15, 0.2) is 36.5 Å². The van der Waals surface area contributed by atoms with E-state index in [1.54, 1.807) is 23.1 Å². The Morgan fingerprint density at radius 2 is 1.82 bits per heavy atom. The van der Waals surface area contributed by atoms with E-state index >= 15 is 0 Å². The number of nitrogens with one attached hydrogen (secondary N) is 1. The topological polar surface area (TPSA) is 56.4 Å². The molecule has 2 heterocycles. The van der Waals surface area contributed by atoms with E-state index in [-0.39, 0.29) is 11.7 Å². The lowest BCUT2D eigenvalue weighted by molar-refractivity contribution is 0.0741. The summed E-state index contributed by atoms with van der Waals surface area (Å²) in [6, 6.07) is 7.92. The Morgan fingerprint density at radius 3 is 2.41 bits per heavy atom. The number of aromatic nitrogens is 1. The molecule has 2 aromatic rings. The van der Waals surface area contributed by atoms with Gasteiger partial charge < -0.3 is 14.8 Å². The van der Waals surface area contributed by atoms with Crippen molar-refractivity contribution >= 4 is 17.9 Å². The molecule has 1 aliphatic heterocycles. The number of nitrogens with zero attached hydrogens (tertiary/aromatic N) is 2. The lowest BCUT2D eigenvalue weighted by atomic mass is 10.2. The van der Waals surface area contributed by atoms with Gasteiger partial charge in [-0.25, -0.2) is 4.39 Å². The van der Waals surface area contributed by atoms with Crippen LogP contribution in [0.2, 0.25) is 0 Å². The third-order valence-corrected chi connectivity index (χ3v) is 3.83. The Balaban J connectivity index is 1.62. The molecule has 6 heteroatoms. The number of aldehydes is 1. The Hall–Kier alpha value is -2.63. The summed E-state index contributed by atoms with van der Waals surface area (Å²) in [6.45, 7) is 2.56. The summed E-state index contributed by atoms with van der Waals surface area (Å²) in [7, 11) is 0. The molecule has 0 saturated carbocycles. The fourth-order valence-electron chi connectivity index (χ4n) is 2.59. The van der Waals surface area contributed by atoms with E-state index in [1.807, 2.05) is 0 Å². The van der Waals surface area contributed by atoms with Crippen LogP contribution in [-0.2, 0) is 0 Å². The van der Waals surface area contributed by atoms with Gasteiger partial charge in [0.15, 0.2) is 6.29 Å². The number of H-pyrrole nitrogens is 1. The molecule has 0 aliphatic carbocycles. The van der Waals surface area contributed by atoms with Crippen molar-refractivity contribution < 1.29 is 14.0 Å². The molecule has 0 bridgehead atoms. The number of aromatic amines is 1. The third-order valence-electron chi connectivity index (χ3n) is 3.83. The molecule has 1 aromatic heterocycles. The van der Waals surface area contributed by atoms with Crippen LogP contribution in [0.1, 0.15) is 20.8 Å². The lowest BCUT2D eigenvalue weighted by Gasteiger charge is -2.36. The zero-order valence-corrected chi connectivity index (χ0v) is 12.0. The summed E-state index contributed by atoms with van der Waals surface area (Å²) in [5.41, 5.74) is 1.85. The summed E-state index contributed by atoms with van der Waals surface area (Å²) >= 11 is 0. The minimum Gasteiger partial charge on any atom is -0.368 e. The van der Waals surface area contributed by atoms with E-state index in [2.05, 4.69) is 9.88 Å². The van der Waals surface area contributed by atoms with Gasteiger partial charge in [0.1, 0.15) is 11.5 Å². The van der Waals surface area contributed by atoms with Crippen LogP contribution in [0, 0.1) is 5.82 Å². The second kappa shape index (κ2) is 6.01. The fraction of sp³-hybridized carbons (Fsp3) is 0.250. The minimum absolute atomic E-state index is 0.105. The number of carbonyl (C=O) groups excluding carboxylic acids is 2. The van der Waals surface area contributed by atoms with Crippen LogP contribution in [0.5, 0.6) is 0 Å². The third kappa shape index (κ3) is 2.86. The molecule has 1 aromatic carbocycles. The van der Waals surface area contributed by atoms with Gasteiger partial charge in [-0.1, -0.05) is 0 Å². The van der Waals surface area contributed by atoms with E-state index in [1.165, 1.54) is 18.3 Å². The van der Waals surface area contributed by atoms with Crippen LogP contribution in [0.25, 0.3) is 0 Å². The largest absolute Gasteiger partial charge is 0.368 e. The zero-order valence-electron chi connectivity index (χ0n) is 12.0. The normalized spacial score (nSPS) is 15.0. The summed E-state index contributed by atoms with van der Waals surface area (Å²) in [5, 5.41) is 0. The smallest absolute Gasteiger partial charge is 0.270 e. The molecule has 114 valence electrons. The minimum atomic E-state index is -0.254. The molecule has 3 rings (SSSR count). The van der Waals surface area contributed by atoms with E-state index in [9.17, 15) is 14.0 Å². The van der Waals surface area contributed by atoms with Crippen LogP contribution in [0.4, 0.5) is 10.1 Å².